The van der Waals surface area contributed by atoms with Gasteiger partial charge in [0.2, 0.25) is 5.28 Å². The molecule has 22 heavy (non-hydrogen) atoms. The largest absolute Gasteiger partial charge is 0.616 e. The van der Waals surface area contributed by atoms with Gasteiger partial charge in [0.25, 0.3) is 0 Å². The summed E-state index contributed by atoms with van der Waals surface area (Å²) < 4.78 is 11.5. The fraction of sp³-hybridized carbons (Fsp3) is 0.538. The minimum atomic E-state index is -0.737. The van der Waals surface area contributed by atoms with Crippen molar-refractivity contribution in [3.8, 4) is 0 Å². The van der Waals surface area contributed by atoms with Gasteiger partial charge in [-0.05, 0) is 23.8 Å². The third kappa shape index (κ3) is 3.40. The van der Waals surface area contributed by atoms with Crippen LogP contribution in [0.3, 0.4) is 0 Å². The number of rotatable bonds is 4. The molecule has 2 aromatic heterocycles. The van der Waals surface area contributed by atoms with Crippen molar-refractivity contribution in [2.24, 2.45) is 0 Å². The minimum Gasteiger partial charge on any atom is -0.616 e. The lowest BCUT2D eigenvalue weighted by molar-refractivity contribution is 0.585. The number of thioether (sulfide) groups is 1. The van der Waals surface area contributed by atoms with Gasteiger partial charge in [0.15, 0.2) is 5.82 Å². The molecule has 0 spiro atoms. The molecular formula is C13H16ClN5OS2. The van der Waals surface area contributed by atoms with Gasteiger partial charge in [0.05, 0.1) is 13.1 Å². The van der Waals surface area contributed by atoms with Gasteiger partial charge in [-0.3, -0.25) is 0 Å². The zero-order valence-electron chi connectivity index (χ0n) is 12.2. The van der Waals surface area contributed by atoms with Gasteiger partial charge in [0, 0.05) is 0 Å². The summed E-state index contributed by atoms with van der Waals surface area (Å²) in [5, 5.41) is 1.03. The highest BCUT2D eigenvalue weighted by Crippen LogP contribution is 2.30. The highest BCUT2D eigenvalue weighted by atomic mass is 35.5. The van der Waals surface area contributed by atoms with E-state index in [4.69, 9.17) is 11.6 Å². The van der Waals surface area contributed by atoms with E-state index in [0.717, 1.165) is 17.2 Å². The Balaban J connectivity index is 2.03. The first-order valence-corrected chi connectivity index (χ1v) is 9.95. The maximum Gasteiger partial charge on any atom is 0.225 e. The third-order valence-corrected chi connectivity index (χ3v) is 5.95. The van der Waals surface area contributed by atoms with Crippen molar-refractivity contribution in [3.63, 3.8) is 0 Å². The predicted molar refractivity (Wildman–Crippen MR) is 91.2 cm³/mol. The Morgan fingerprint density at radius 3 is 2.77 bits per heavy atom. The molecule has 1 aliphatic heterocycles. The van der Waals surface area contributed by atoms with E-state index in [1.54, 1.807) is 18.1 Å². The fourth-order valence-corrected chi connectivity index (χ4v) is 4.27. The van der Waals surface area contributed by atoms with Crippen LogP contribution in [0.25, 0.3) is 11.0 Å². The van der Waals surface area contributed by atoms with Crippen molar-refractivity contribution < 1.29 is 4.55 Å². The van der Waals surface area contributed by atoms with Crippen molar-refractivity contribution in [2.45, 2.75) is 18.4 Å². The Hall–Kier alpha value is -0.830. The molecule has 0 atom stereocenters. The second kappa shape index (κ2) is 7.16. The molecule has 1 saturated heterocycles. The van der Waals surface area contributed by atoms with E-state index in [1.165, 1.54) is 0 Å². The second-order valence-corrected chi connectivity index (χ2v) is 7.99. The molecule has 0 bridgehead atoms. The van der Waals surface area contributed by atoms with E-state index in [-0.39, 0.29) is 5.28 Å². The highest BCUT2D eigenvalue weighted by molar-refractivity contribution is 7.99. The molecule has 1 aliphatic rings. The molecular weight excluding hydrogens is 342 g/mol. The number of aromatic nitrogens is 4. The van der Waals surface area contributed by atoms with Gasteiger partial charge < -0.3 is 9.45 Å². The average Bonchev–Trinajstić information content (AvgIpc) is 2.53. The molecule has 6 nitrogen and oxygen atoms in total. The van der Waals surface area contributed by atoms with Gasteiger partial charge in [-0.25, -0.2) is 15.0 Å². The quantitative estimate of drug-likeness (QED) is 0.359. The summed E-state index contributed by atoms with van der Waals surface area (Å²) in [6, 6.07) is 0. The van der Waals surface area contributed by atoms with Gasteiger partial charge in [-0.2, -0.15) is 4.98 Å². The van der Waals surface area contributed by atoms with Crippen molar-refractivity contribution >= 4 is 51.4 Å². The molecule has 2 aromatic rings. The smallest absolute Gasteiger partial charge is 0.225 e. The summed E-state index contributed by atoms with van der Waals surface area (Å²) in [5.41, 5.74) is 1.41. The fourth-order valence-electron chi connectivity index (χ4n) is 2.26. The number of fused-ring (bicyclic) bond motifs is 1. The zero-order chi connectivity index (χ0) is 15.5. The Bertz CT molecular complexity index is 666. The van der Waals surface area contributed by atoms with Crippen molar-refractivity contribution in [1.82, 2.24) is 19.9 Å². The molecule has 0 aromatic carbocycles. The van der Waals surface area contributed by atoms with E-state index in [9.17, 15) is 4.55 Å². The average molecular weight is 358 g/mol. The molecule has 0 aliphatic carbocycles. The highest BCUT2D eigenvalue weighted by Gasteiger charge is 2.24. The summed E-state index contributed by atoms with van der Waals surface area (Å²) in [5.74, 6) is 2.97. The van der Waals surface area contributed by atoms with Crippen LogP contribution in [0.4, 0.5) is 5.82 Å². The van der Waals surface area contributed by atoms with Crippen LogP contribution in [0.2, 0.25) is 5.28 Å². The van der Waals surface area contributed by atoms with Crippen LogP contribution in [0.5, 0.6) is 0 Å². The van der Waals surface area contributed by atoms with Crippen LogP contribution >= 0.6 is 23.4 Å². The molecule has 0 saturated carbocycles. The Morgan fingerprint density at radius 2 is 2.05 bits per heavy atom. The van der Waals surface area contributed by atoms with Crippen LogP contribution in [0.15, 0.2) is 11.4 Å². The van der Waals surface area contributed by atoms with Crippen LogP contribution in [-0.2, 0) is 11.2 Å². The summed E-state index contributed by atoms with van der Waals surface area (Å²) >= 11 is 7.01. The second-order valence-electron chi connectivity index (χ2n) is 4.88. The molecule has 0 unspecified atom stereocenters. The lowest BCUT2D eigenvalue weighted by Crippen LogP contribution is -2.41. The Morgan fingerprint density at radius 1 is 1.27 bits per heavy atom. The SMILES string of the molecule is CCCSc1ncnc2c(N3CC[S+]([O-])CC3)nc(Cl)nc12. The summed E-state index contributed by atoms with van der Waals surface area (Å²) in [7, 11) is 0. The van der Waals surface area contributed by atoms with E-state index in [0.29, 0.717) is 41.4 Å². The summed E-state index contributed by atoms with van der Waals surface area (Å²) in [4.78, 5) is 19.4. The maximum atomic E-state index is 11.5. The van der Waals surface area contributed by atoms with Crippen molar-refractivity contribution in [2.75, 3.05) is 35.2 Å². The molecule has 118 valence electrons. The van der Waals surface area contributed by atoms with Gasteiger partial charge in [-0.15, -0.1) is 11.8 Å². The Labute approximate surface area is 141 Å². The number of hydrogen-bond donors (Lipinski definition) is 0. The third-order valence-electron chi connectivity index (χ3n) is 3.32. The predicted octanol–water partition coefficient (Wildman–Crippen LogP) is 2.14. The first kappa shape index (κ1) is 16.0. The van der Waals surface area contributed by atoms with Gasteiger partial charge >= 0.3 is 0 Å². The van der Waals surface area contributed by atoms with E-state index >= 15 is 0 Å². The van der Waals surface area contributed by atoms with Gasteiger partial charge in [-0.1, -0.05) is 18.1 Å². The number of halogens is 1. The molecule has 9 heteroatoms. The normalized spacial score (nSPS) is 16.4. The van der Waals surface area contributed by atoms with Crippen molar-refractivity contribution in [3.05, 3.63) is 11.6 Å². The number of anilines is 1. The monoisotopic (exact) mass is 357 g/mol. The van der Waals surface area contributed by atoms with Crippen LogP contribution in [-0.4, -0.2) is 54.8 Å². The van der Waals surface area contributed by atoms with E-state index in [2.05, 4.69) is 31.8 Å². The van der Waals surface area contributed by atoms with Gasteiger partial charge in [0.1, 0.15) is 33.9 Å². The Kier molecular flexibility index (Phi) is 5.22. The van der Waals surface area contributed by atoms with E-state index < -0.39 is 11.2 Å². The zero-order valence-corrected chi connectivity index (χ0v) is 14.5. The van der Waals surface area contributed by atoms with Crippen LogP contribution in [0, 0.1) is 0 Å². The molecule has 3 heterocycles. The van der Waals surface area contributed by atoms with E-state index in [1.807, 2.05) is 0 Å². The molecule has 0 N–H and O–H groups in total. The minimum absolute atomic E-state index is 0.197. The molecule has 0 amide bonds. The first-order valence-electron chi connectivity index (χ1n) is 7.10. The standard InChI is InChI=1S/C13H16ClN5OS2/c1-2-5-21-12-10-9(15-8-16-12)11(18-13(14)17-10)19-3-6-22(20)7-4-19/h8H,2-7H2,1H3. The van der Waals surface area contributed by atoms with Crippen LogP contribution < -0.4 is 4.90 Å². The molecule has 3 rings (SSSR count). The number of nitrogens with zero attached hydrogens (tertiary/aromatic N) is 5. The van der Waals surface area contributed by atoms with Crippen LogP contribution in [0.1, 0.15) is 13.3 Å². The summed E-state index contributed by atoms with van der Waals surface area (Å²) in [6.07, 6.45) is 2.60. The molecule has 0 radical (unpaired) electrons. The lowest BCUT2D eigenvalue weighted by atomic mass is 10.3. The maximum absolute atomic E-state index is 11.5. The van der Waals surface area contributed by atoms with Crippen molar-refractivity contribution in [1.29, 1.82) is 0 Å². The topological polar surface area (TPSA) is 77.9 Å². The summed E-state index contributed by atoms with van der Waals surface area (Å²) in [6.45, 7) is 3.50. The lowest BCUT2D eigenvalue weighted by Gasteiger charge is -2.29. The number of hydrogen-bond acceptors (Lipinski definition) is 7. The first-order chi connectivity index (χ1) is 10.7. The molecule has 1 fully saturated rings.